The van der Waals surface area contributed by atoms with Gasteiger partial charge in [0.25, 0.3) is 0 Å². The van der Waals surface area contributed by atoms with Crippen molar-refractivity contribution < 1.29 is 9.59 Å². The zero-order valence-corrected chi connectivity index (χ0v) is 11.2. The second-order valence-electron chi connectivity index (χ2n) is 4.88. The molecule has 5 nitrogen and oxygen atoms in total. The summed E-state index contributed by atoms with van der Waals surface area (Å²) in [5, 5.41) is 5.50. The van der Waals surface area contributed by atoms with Crippen molar-refractivity contribution in [2.75, 3.05) is 20.1 Å². The van der Waals surface area contributed by atoms with Crippen LogP contribution in [-0.4, -0.2) is 48.4 Å². The molecule has 0 aromatic carbocycles. The molecule has 0 bridgehead atoms. The lowest BCUT2D eigenvalue weighted by atomic mass is 10.00. The number of hydrogen-bond donors (Lipinski definition) is 2. The summed E-state index contributed by atoms with van der Waals surface area (Å²) in [6.07, 6.45) is 1.79. The highest BCUT2D eigenvalue weighted by Gasteiger charge is 2.43. The minimum atomic E-state index is -0.638. The number of hydrogen-bond acceptors (Lipinski definition) is 3. The molecule has 0 saturated carbocycles. The molecule has 17 heavy (non-hydrogen) atoms. The molecule has 0 aromatic rings. The van der Waals surface area contributed by atoms with Gasteiger partial charge in [0, 0.05) is 20.1 Å². The SMILES string of the molecule is CCNC(=O)[C@@H]1CCCN1C(C)(C)C(=O)NC. The van der Waals surface area contributed by atoms with Crippen molar-refractivity contribution in [2.45, 2.75) is 45.2 Å². The number of likely N-dealkylation sites (N-methyl/N-ethyl adjacent to an activating group) is 2. The Labute approximate surface area is 103 Å². The molecule has 1 atom stereocenters. The van der Waals surface area contributed by atoms with Crippen LogP contribution in [0.1, 0.15) is 33.6 Å². The average Bonchev–Trinajstić information content (AvgIpc) is 2.77. The lowest BCUT2D eigenvalue weighted by molar-refractivity contribution is -0.135. The summed E-state index contributed by atoms with van der Waals surface area (Å²) in [6.45, 7) is 7.06. The van der Waals surface area contributed by atoms with Gasteiger partial charge in [-0.2, -0.15) is 0 Å². The van der Waals surface area contributed by atoms with Crippen LogP contribution in [0.3, 0.4) is 0 Å². The maximum absolute atomic E-state index is 11.9. The van der Waals surface area contributed by atoms with E-state index in [0.717, 1.165) is 19.4 Å². The Hall–Kier alpha value is -1.10. The topological polar surface area (TPSA) is 61.4 Å². The molecule has 0 aromatic heterocycles. The molecular weight excluding hydrogens is 218 g/mol. The summed E-state index contributed by atoms with van der Waals surface area (Å²) in [7, 11) is 1.63. The molecule has 1 aliphatic rings. The van der Waals surface area contributed by atoms with E-state index in [-0.39, 0.29) is 17.9 Å². The second kappa shape index (κ2) is 5.49. The molecule has 1 saturated heterocycles. The lowest BCUT2D eigenvalue weighted by Crippen LogP contribution is -2.58. The monoisotopic (exact) mass is 241 g/mol. The third-order valence-corrected chi connectivity index (χ3v) is 3.41. The van der Waals surface area contributed by atoms with Crippen molar-refractivity contribution in [1.82, 2.24) is 15.5 Å². The Morgan fingerprint density at radius 3 is 2.59 bits per heavy atom. The predicted octanol–water partition coefficient (Wildman–Crippen LogP) is 0.112. The van der Waals surface area contributed by atoms with Crippen molar-refractivity contribution in [3.05, 3.63) is 0 Å². The van der Waals surface area contributed by atoms with Gasteiger partial charge in [-0.15, -0.1) is 0 Å². The van der Waals surface area contributed by atoms with E-state index in [1.54, 1.807) is 7.05 Å². The van der Waals surface area contributed by atoms with Crippen LogP contribution < -0.4 is 10.6 Å². The first-order valence-electron chi connectivity index (χ1n) is 6.21. The lowest BCUT2D eigenvalue weighted by Gasteiger charge is -2.37. The van der Waals surface area contributed by atoms with Gasteiger partial charge in [0.1, 0.15) is 0 Å². The quantitative estimate of drug-likeness (QED) is 0.734. The number of carbonyl (C=O) groups excluding carboxylic acids is 2. The van der Waals surface area contributed by atoms with Crippen LogP contribution in [0, 0.1) is 0 Å². The first kappa shape index (κ1) is 14.0. The van der Waals surface area contributed by atoms with Gasteiger partial charge in [-0.05, 0) is 33.6 Å². The van der Waals surface area contributed by atoms with Gasteiger partial charge in [0.2, 0.25) is 11.8 Å². The van der Waals surface area contributed by atoms with Gasteiger partial charge in [-0.1, -0.05) is 0 Å². The number of nitrogens with one attached hydrogen (secondary N) is 2. The Morgan fingerprint density at radius 2 is 2.06 bits per heavy atom. The highest BCUT2D eigenvalue weighted by Crippen LogP contribution is 2.27. The molecule has 2 N–H and O–H groups in total. The molecule has 98 valence electrons. The number of amides is 2. The minimum Gasteiger partial charge on any atom is -0.358 e. The van der Waals surface area contributed by atoms with Crippen LogP contribution in [0.5, 0.6) is 0 Å². The standard InChI is InChI=1S/C12H23N3O2/c1-5-14-10(16)9-7-6-8-15(9)12(2,3)11(17)13-4/h9H,5-8H2,1-4H3,(H,13,17)(H,14,16)/t9-/m0/s1. The Bertz CT molecular complexity index is 302. The van der Waals surface area contributed by atoms with Crippen molar-refractivity contribution in [3.8, 4) is 0 Å². The molecule has 2 amide bonds. The smallest absolute Gasteiger partial charge is 0.239 e. The third kappa shape index (κ3) is 2.77. The molecule has 1 aliphatic heterocycles. The van der Waals surface area contributed by atoms with Crippen LogP contribution in [0.15, 0.2) is 0 Å². The largest absolute Gasteiger partial charge is 0.358 e. The van der Waals surface area contributed by atoms with Crippen LogP contribution in [0.4, 0.5) is 0 Å². The third-order valence-electron chi connectivity index (χ3n) is 3.41. The minimum absolute atomic E-state index is 0.0296. The van der Waals surface area contributed by atoms with Crippen LogP contribution in [0.25, 0.3) is 0 Å². The number of likely N-dealkylation sites (tertiary alicyclic amines) is 1. The van der Waals surface area contributed by atoms with E-state index >= 15 is 0 Å². The summed E-state index contributed by atoms with van der Waals surface area (Å²) in [5.41, 5.74) is -0.638. The van der Waals surface area contributed by atoms with Crippen LogP contribution in [-0.2, 0) is 9.59 Å². The van der Waals surface area contributed by atoms with Gasteiger partial charge in [-0.25, -0.2) is 0 Å². The van der Waals surface area contributed by atoms with E-state index < -0.39 is 5.54 Å². The fourth-order valence-electron chi connectivity index (χ4n) is 2.44. The van der Waals surface area contributed by atoms with Gasteiger partial charge in [0.05, 0.1) is 11.6 Å². The maximum atomic E-state index is 11.9. The fourth-order valence-corrected chi connectivity index (χ4v) is 2.44. The summed E-state index contributed by atoms with van der Waals surface area (Å²) in [6, 6.07) is -0.178. The predicted molar refractivity (Wildman–Crippen MR) is 66.6 cm³/mol. The van der Waals surface area contributed by atoms with Gasteiger partial charge in [-0.3, -0.25) is 14.5 Å². The van der Waals surface area contributed by atoms with E-state index in [1.807, 2.05) is 25.7 Å². The molecule has 1 rings (SSSR count). The summed E-state index contributed by atoms with van der Waals surface area (Å²) >= 11 is 0. The summed E-state index contributed by atoms with van der Waals surface area (Å²) < 4.78 is 0. The van der Waals surface area contributed by atoms with Gasteiger partial charge < -0.3 is 10.6 Å². The Balaban J connectivity index is 2.81. The highest BCUT2D eigenvalue weighted by molar-refractivity contribution is 5.87. The van der Waals surface area contributed by atoms with E-state index in [4.69, 9.17) is 0 Å². The zero-order chi connectivity index (χ0) is 13.1. The van der Waals surface area contributed by atoms with Gasteiger partial charge in [0.15, 0.2) is 0 Å². The number of carbonyl (C=O) groups is 2. The molecule has 1 heterocycles. The first-order valence-corrected chi connectivity index (χ1v) is 6.21. The van der Waals surface area contributed by atoms with Crippen molar-refractivity contribution in [1.29, 1.82) is 0 Å². The first-order chi connectivity index (χ1) is 7.95. The maximum Gasteiger partial charge on any atom is 0.239 e. The van der Waals surface area contributed by atoms with Gasteiger partial charge >= 0.3 is 0 Å². The Kier molecular flexibility index (Phi) is 4.51. The van der Waals surface area contributed by atoms with E-state index in [0.29, 0.717) is 6.54 Å². The van der Waals surface area contributed by atoms with Crippen LogP contribution >= 0.6 is 0 Å². The van der Waals surface area contributed by atoms with E-state index in [9.17, 15) is 9.59 Å². The molecule has 5 heteroatoms. The molecule has 0 radical (unpaired) electrons. The molecule has 1 fully saturated rings. The fraction of sp³-hybridized carbons (Fsp3) is 0.833. The zero-order valence-electron chi connectivity index (χ0n) is 11.2. The summed E-state index contributed by atoms with van der Waals surface area (Å²) in [5.74, 6) is -0.0179. The normalized spacial score (nSPS) is 21.3. The van der Waals surface area contributed by atoms with Crippen molar-refractivity contribution >= 4 is 11.8 Å². The highest BCUT2D eigenvalue weighted by atomic mass is 16.2. The molecule has 0 unspecified atom stereocenters. The van der Waals surface area contributed by atoms with E-state index in [2.05, 4.69) is 10.6 Å². The second-order valence-corrected chi connectivity index (χ2v) is 4.88. The number of rotatable bonds is 4. The van der Waals surface area contributed by atoms with Crippen molar-refractivity contribution in [2.24, 2.45) is 0 Å². The van der Waals surface area contributed by atoms with Crippen molar-refractivity contribution in [3.63, 3.8) is 0 Å². The van der Waals surface area contributed by atoms with E-state index in [1.165, 1.54) is 0 Å². The molecule has 0 spiro atoms. The Morgan fingerprint density at radius 1 is 1.41 bits per heavy atom. The molecule has 0 aliphatic carbocycles. The van der Waals surface area contributed by atoms with Crippen LogP contribution in [0.2, 0.25) is 0 Å². The molecular formula is C12H23N3O2. The summed E-state index contributed by atoms with van der Waals surface area (Å²) in [4.78, 5) is 25.8. The number of nitrogens with zero attached hydrogens (tertiary/aromatic N) is 1. The average molecular weight is 241 g/mol.